The van der Waals surface area contributed by atoms with Crippen molar-refractivity contribution in [3.8, 4) is 0 Å². The first kappa shape index (κ1) is 7.78. The van der Waals surface area contributed by atoms with Crippen LogP contribution in [0.2, 0.25) is 5.82 Å². The minimum absolute atomic E-state index is 0.536. The van der Waals surface area contributed by atoms with Gasteiger partial charge in [-0.25, -0.2) is 0 Å². The van der Waals surface area contributed by atoms with Crippen molar-refractivity contribution in [3.63, 3.8) is 0 Å². The summed E-state index contributed by atoms with van der Waals surface area (Å²) in [7, 11) is 0. The molecule has 0 aliphatic heterocycles. The third-order valence-corrected chi connectivity index (χ3v) is 3.43. The van der Waals surface area contributed by atoms with E-state index in [0.29, 0.717) is 15.0 Å². The number of nitrogens with zero attached hydrogens (tertiary/aromatic N) is 1. The van der Waals surface area contributed by atoms with Gasteiger partial charge in [0.05, 0.1) is 0 Å². The van der Waals surface area contributed by atoms with E-state index in [1.807, 2.05) is 12.3 Å². The van der Waals surface area contributed by atoms with E-state index in [2.05, 4.69) is 35.1 Å². The zero-order chi connectivity index (χ0) is 8.39. The molecule has 0 saturated carbocycles. The fourth-order valence-electron chi connectivity index (χ4n) is 1.24. The van der Waals surface area contributed by atoms with E-state index in [1.54, 1.807) is 0 Å². The molecule has 0 atom stereocenters. The van der Waals surface area contributed by atoms with E-state index in [0.717, 1.165) is 0 Å². The van der Waals surface area contributed by atoms with Gasteiger partial charge in [-0.3, -0.25) is 0 Å². The van der Waals surface area contributed by atoms with Crippen LogP contribution < -0.4 is 4.46 Å². The molecule has 0 spiro atoms. The Hall–Kier alpha value is -0.851. The van der Waals surface area contributed by atoms with Crippen molar-refractivity contribution in [2.24, 2.45) is 0 Å². The number of para-hydroxylation sites is 1. The topological polar surface area (TPSA) is 12.9 Å². The summed E-state index contributed by atoms with van der Waals surface area (Å²) >= 11 is 0.536. The monoisotopic (exact) mass is 223 g/mol. The summed E-state index contributed by atoms with van der Waals surface area (Å²) in [5, 5.41) is 1.25. The fourth-order valence-corrected chi connectivity index (χ4v) is 2.45. The van der Waals surface area contributed by atoms with Crippen LogP contribution in [-0.4, -0.2) is 19.9 Å². The van der Waals surface area contributed by atoms with Crippen LogP contribution in [0.3, 0.4) is 0 Å². The molecule has 0 unspecified atom stereocenters. The van der Waals surface area contributed by atoms with Crippen LogP contribution in [-0.2, 0) is 0 Å². The van der Waals surface area contributed by atoms with Gasteiger partial charge >= 0.3 is 77.7 Å². The van der Waals surface area contributed by atoms with E-state index < -0.39 is 0 Å². The summed E-state index contributed by atoms with van der Waals surface area (Å²) in [5.74, 6) is 2.22. The molecular weight excluding hydrogens is 213 g/mol. The van der Waals surface area contributed by atoms with Gasteiger partial charge in [0, 0.05) is 0 Å². The van der Waals surface area contributed by atoms with Crippen molar-refractivity contribution >= 4 is 30.3 Å². The van der Waals surface area contributed by atoms with Gasteiger partial charge in [0.2, 0.25) is 0 Å². The van der Waals surface area contributed by atoms with E-state index in [1.165, 1.54) is 15.4 Å². The second-order valence-electron chi connectivity index (χ2n) is 2.54. The van der Waals surface area contributed by atoms with Gasteiger partial charge in [0.1, 0.15) is 0 Å². The van der Waals surface area contributed by atoms with Crippen LogP contribution in [0, 0.1) is 0 Å². The molecule has 0 N–H and O–H groups in total. The maximum atomic E-state index is 4.37. The Morgan fingerprint density at radius 1 is 1.17 bits per heavy atom. The van der Waals surface area contributed by atoms with Crippen molar-refractivity contribution in [3.05, 3.63) is 36.5 Å². The summed E-state index contributed by atoms with van der Waals surface area (Å²) in [6, 6.07) is 10.5. The summed E-state index contributed by atoms with van der Waals surface area (Å²) < 4.78 is 1.39. The van der Waals surface area contributed by atoms with Crippen LogP contribution in [0.4, 0.5) is 0 Å². The summed E-state index contributed by atoms with van der Waals surface area (Å²) in [4.78, 5) is 4.37. The summed E-state index contributed by atoms with van der Waals surface area (Å²) in [6.45, 7) is 0. The number of hydrogen-bond donors (Lipinski definition) is 0. The molecule has 12 heavy (non-hydrogen) atoms. The number of aromatic nitrogens is 1. The first-order valence-electron chi connectivity index (χ1n) is 3.79. The molecule has 0 amide bonds. The van der Waals surface area contributed by atoms with Gasteiger partial charge in [-0.2, -0.15) is 0 Å². The first-order chi connectivity index (χ1) is 5.92. The molecule has 2 rings (SSSR count). The van der Waals surface area contributed by atoms with Crippen molar-refractivity contribution < 1.29 is 0 Å². The Labute approximate surface area is 78.0 Å². The predicted octanol–water partition coefficient (Wildman–Crippen LogP) is 1.61. The third-order valence-electron chi connectivity index (χ3n) is 1.82. The second kappa shape index (κ2) is 3.26. The molecule has 1 aromatic carbocycles. The average molecular weight is 222 g/mol. The normalized spacial score (nSPS) is 10.4. The summed E-state index contributed by atoms with van der Waals surface area (Å²) in [6.07, 6.45) is 1.86. The number of hydrogen-bond acceptors (Lipinski definition) is 1. The maximum absolute atomic E-state index is 4.37. The van der Waals surface area contributed by atoms with E-state index in [-0.39, 0.29) is 0 Å². The Balaban J connectivity index is 2.79. The number of fused-ring (bicyclic) bond motifs is 1. The number of rotatable bonds is 1. The molecule has 2 aromatic rings. The van der Waals surface area contributed by atoms with Gasteiger partial charge in [0.15, 0.2) is 0 Å². The Bertz CT molecular complexity index is 392. The molecule has 60 valence electrons. The minimum atomic E-state index is 0.536. The summed E-state index contributed by atoms with van der Waals surface area (Å²) in [5.41, 5.74) is 1.17. The van der Waals surface area contributed by atoms with Gasteiger partial charge < -0.3 is 0 Å². The molecular formula is C10H9NSe. The molecule has 1 nitrogen and oxygen atoms in total. The number of benzene rings is 1. The zero-order valence-corrected chi connectivity index (χ0v) is 8.53. The molecule has 0 saturated heterocycles. The molecule has 0 aliphatic rings. The molecule has 2 heteroatoms. The molecule has 0 bridgehead atoms. The van der Waals surface area contributed by atoms with E-state index >= 15 is 0 Å². The van der Waals surface area contributed by atoms with Crippen LogP contribution in [0.5, 0.6) is 0 Å². The third kappa shape index (κ3) is 1.24. The zero-order valence-electron chi connectivity index (χ0n) is 6.82. The second-order valence-corrected chi connectivity index (χ2v) is 4.31. The van der Waals surface area contributed by atoms with Gasteiger partial charge in [-0.05, 0) is 0 Å². The van der Waals surface area contributed by atoms with E-state index in [9.17, 15) is 0 Å². The molecule has 1 heterocycles. The van der Waals surface area contributed by atoms with Crippen LogP contribution in [0.1, 0.15) is 0 Å². The Kier molecular flexibility index (Phi) is 2.11. The molecule has 1 aromatic heterocycles. The van der Waals surface area contributed by atoms with E-state index in [4.69, 9.17) is 0 Å². The first-order valence-corrected chi connectivity index (χ1v) is 6.36. The molecule has 0 radical (unpaired) electrons. The van der Waals surface area contributed by atoms with Crippen molar-refractivity contribution in [2.45, 2.75) is 5.82 Å². The van der Waals surface area contributed by atoms with Crippen LogP contribution >= 0.6 is 0 Å². The quantitative estimate of drug-likeness (QED) is 0.668. The standard InChI is InChI=1S/C10H9NSe/c1-12-9-6-2-4-8-5-3-7-11-10(8)9/h2-7H,1H3. The van der Waals surface area contributed by atoms with Crippen LogP contribution in [0.15, 0.2) is 36.5 Å². The fraction of sp³-hybridized carbons (Fsp3) is 0.100. The van der Waals surface area contributed by atoms with Crippen LogP contribution in [0.25, 0.3) is 10.9 Å². The van der Waals surface area contributed by atoms with Gasteiger partial charge in [-0.1, -0.05) is 0 Å². The SMILES string of the molecule is C[Se]c1cccc2cccnc12. The number of pyridine rings is 1. The molecule has 0 fully saturated rings. The molecule has 0 aliphatic carbocycles. The van der Waals surface area contributed by atoms with Crippen molar-refractivity contribution in [2.75, 3.05) is 0 Å². The Morgan fingerprint density at radius 2 is 2.00 bits per heavy atom. The average Bonchev–Trinajstić information content (AvgIpc) is 2.17. The van der Waals surface area contributed by atoms with Crippen molar-refractivity contribution in [1.82, 2.24) is 4.98 Å². The van der Waals surface area contributed by atoms with Gasteiger partial charge in [-0.15, -0.1) is 0 Å². The predicted molar refractivity (Wildman–Crippen MR) is 53.0 cm³/mol. The van der Waals surface area contributed by atoms with Crippen molar-refractivity contribution in [1.29, 1.82) is 0 Å². The van der Waals surface area contributed by atoms with Gasteiger partial charge in [0.25, 0.3) is 0 Å². The Morgan fingerprint density at radius 3 is 2.83 bits per heavy atom.